The molecule has 0 saturated carbocycles. The normalized spacial score (nSPS) is 14.9. The molecule has 3 aromatic rings. The van der Waals surface area contributed by atoms with E-state index >= 15 is 0 Å². The molecule has 0 radical (unpaired) electrons. The maximum atomic E-state index is 13.6. The topological polar surface area (TPSA) is 61.9 Å². The minimum absolute atomic E-state index is 0.0263. The van der Waals surface area contributed by atoms with Crippen LogP contribution in [-0.4, -0.2) is 48.0 Å². The highest BCUT2D eigenvalue weighted by molar-refractivity contribution is 7.10. The number of hydrogen-bond donors (Lipinski definition) is 1. The van der Waals surface area contributed by atoms with Gasteiger partial charge in [-0.05, 0) is 71.8 Å². The molecule has 0 saturated heterocycles. The Morgan fingerprint density at radius 3 is 2.64 bits per heavy atom. The second-order valence-corrected chi connectivity index (χ2v) is 11.0. The largest absolute Gasteiger partial charge is 0.491 e. The van der Waals surface area contributed by atoms with Crippen LogP contribution < -0.4 is 10.1 Å². The number of ether oxygens (including phenoxy) is 1. The van der Waals surface area contributed by atoms with Gasteiger partial charge in [-0.15, -0.1) is 11.3 Å². The van der Waals surface area contributed by atoms with Crippen LogP contribution in [-0.2, 0) is 11.2 Å². The number of benzene rings is 2. The van der Waals surface area contributed by atoms with Gasteiger partial charge in [0, 0.05) is 33.7 Å². The number of urea groups is 1. The maximum Gasteiger partial charge on any atom is 0.322 e. The summed E-state index contributed by atoms with van der Waals surface area (Å²) in [4.78, 5) is 31.4. The van der Waals surface area contributed by atoms with Gasteiger partial charge in [0.25, 0.3) is 0 Å². The number of rotatable bonds is 8. The average molecular weight is 547 g/mol. The van der Waals surface area contributed by atoms with Crippen molar-refractivity contribution in [1.82, 2.24) is 9.80 Å². The zero-order valence-corrected chi connectivity index (χ0v) is 22.6. The Balaban J connectivity index is 1.49. The molecule has 1 unspecified atom stereocenters. The second kappa shape index (κ2) is 12.0. The number of nitrogens with zero attached hydrogens (tertiary/aromatic N) is 2. The standard InChI is InChI=1S/C27H29Cl2N3O3S/c1-18(2)15-31(27(34)30-21-5-3-4-20(29)14-21)16-26(33)32-12-10-25-23(11-13-36-25)24(32)17-35-22-8-6-19(28)7-9-22/h3-9,11,13-14,18,24H,10,12,15-17H2,1-2H3,(H,30,34). The molecule has 3 amide bonds. The molecule has 9 heteroatoms. The van der Waals surface area contributed by atoms with Crippen molar-refractivity contribution in [3.63, 3.8) is 0 Å². The predicted molar refractivity (Wildman–Crippen MR) is 146 cm³/mol. The molecule has 2 aromatic carbocycles. The average Bonchev–Trinajstić information content (AvgIpc) is 3.32. The van der Waals surface area contributed by atoms with E-state index in [1.165, 1.54) is 4.88 Å². The van der Waals surface area contributed by atoms with Crippen molar-refractivity contribution in [3.8, 4) is 5.75 Å². The number of nitrogens with one attached hydrogen (secondary N) is 1. The number of carbonyl (C=O) groups excluding carboxylic acids is 2. The van der Waals surface area contributed by atoms with Crippen LogP contribution in [0.25, 0.3) is 0 Å². The van der Waals surface area contributed by atoms with Crippen LogP contribution in [0.1, 0.15) is 30.3 Å². The molecule has 2 heterocycles. The van der Waals surface area contributed by atoms with E-state index in [0.717, 1.165) is 12.0 Å². The van der Waals surface area contributed by atoms with Gasteiger partial charge in [-0.2, -0.15) is 0 Å². The number of thiophene rings is 1. The molecule has 0 bridgehead atoms. The molecule has 36 heavy (non-hydrogen) atoms. The van der Waals surface area contributed by atoms with Crippen LogP contribution in [0.3, 0.4) is 0 Å². The molecular weight excluding hydrogens is 517 g/mol. The van der Waals surface area contributed by atoms with Crippen molar-refractivity contribution in [2.75, 3.05) is 31.6 Å². The molecule has 1 aromatic heterocycles. The summed E-state index contributed by atoms with van der Waals surface area (Å²) >= 11 is 13.8. The van der Waals surface area contributed by atoms with Crippen LogP contribution in [0.2, 0.25) is 10.0 Å². The monoisotopic (exact) mass is 545 g/mol. The number of hydrogen-bond acceptors (Lipinski definition) is 4. The lowest BCUT2D eigenvalue weighted by Gasteiger charge is -2.37. The van der Waals surface area contributed by atoms with E-state index in [1.54, 1.807) is 52.6 Å². The SMILES string of the molecule is CC(C)CN(CC(=O)N1CCc2sccc2C1COc1ccc(Cl)cc1)C(=O)Nc1cccc(Cl)c1. The first-order valence-corrected chi connectivity index (χ1v) is 13.5. The third-order valence-corrected chi connectivity index (χ3v) is 7.40. The highest BCUT2D eigenvalue weighted by Gasteiger charge is 2.33. The van der Waals surface area contributed by atoms with E-state index in [2.05, 4.69) is 16.8 Å². The molecule has 190 valence electrons. The lowest BCUT2D eigenvalue weighted by atomic mass is 10.0. The van der Waals surface area contributed by atoms with Gasteiger partial charge in [-0.3, -0.25) is 4.79 Å². The first-order valence-electron chi connectivity index (χ1n) is 11.9. The van der Waals surface area contributed by atoms with Gasteiger partial charge in [-0.25, -0.2) is 4.79 Å². The van der Waals surface area contributed by atoms with Gasteiger partial charge in [0.15, 0.2) is 0 Å². The van der Waals surface area contributed by atoms with E-state index in [1.807, 2.05) is 30.9 Å². The highest BCUT2D eigenvalue weighted by atomic mass is 35.5. The Hall–Kier alpha value is -2.74. The zero-order chi connectivity index (χ0) is 25.7. The van der Waals surface area contributed by atoms with E-state index in [9.17, 15) is 9.59 Å². The first-order chi connectivity index (χ1) is 17.3. The number of halogens is 2. The Labute approximate surface area is 225 Å². The minimum Gasteiger partial charge on any atom is -0.491 e. The van der Waals surface area contributed by atoms with Gasteiger partial charge < -0.3 is 19.9 Å². The van der Waals surface area contributed by atoms with Crippen molar-refractivity contribution in [3.05, 3.63) is 80.5 Å². The minimum atomic E-state index is -0.332. The Bertz CT molecular complexity index is 1200. The lowest BCUT2D eigenvalue weighted by molar-refractivity contribution is -0.135. The summed E-state index contributed by atoms with van der Waals surface area (Å²) in [6.07, 6.45) is 0.787. The van der Waals surface area contributed by atoms with Crippen molar-refractivity contribution in [2.24, 2.45) is 5.92 Å². The smallest absolute Gasteiger partial charge is 0.322 e. The van der Waals surface area contributed by atoms with Crippen LogP contribution in [0.4, 0.5) is 10.5 Å². The van der Waals surface area contributed by atoms with E-state index in [-0.39, 0.29) is 30.4 Å². The summed E-state index contributed by atoms with van der Waals surface area (Å²) in [5, 5.41) is 6.09. The molecule has 4 rings (SSSR count). The quantitative estimate of drug-likeness (QED) is 0.340. The summed E-state index contributed by atoms with van der Waals surface area (Å²) < 4.78 is 6.06. The van der Waals surface area contributed by atoms with Crippen LogP contribution in [0, 0.1) is 5.92 Å². The van der Waals surface area contributed by atoms with Crippen molar-refractivity contribution in [2.45, 2.75) is 26.3 Å². The fourth-order valence-electron chi connectivity index (χ4n) is 4.26. The summed E-state index contributed by atoms with van der Waals surface area (Å²) in [6, 6.07) is 15.6. The highest BCUT2D eigenvalue weighted by Crippen LogP contribution is 2.34. The van der Waals surface area contributed by atoms with Crippen molar-refractivity contribution >= 4 is 52.2 Å². The fourth-order valence-corrected chi connectivity index (χ4v) is 5.51. The van der Waals surface area contributed by atoms with Crippen molar-refractivity contribution in [1.29, 1.82) is 0 Å². The molecular formula is C27H29Cl2N3O3S. The number of carbonyl (C=O) groups is 2. The Morgan fingerprint density at radius 1 is 1.14 bits per heavy atom. The summed E-state index contributed by atoms with van der Waals surface area (Å²) in [5.41, 5.74) is 1.69. The molecule has 0 aliphatic carbocycles. The maximum absolute atomic E-state index is 13.6. The molecule has 1 aliphatic heterocycles. The van der Waals surface area contributed by atoms with E-state index in [4.69, 9.17) is 27.9 Å². The third-order valence-electron chi connectivity index (χ3n) is 5.91. The van der Waals surface area contributed by atoms with Gasteiger partial charge in [0.05, 0.1) is 6.04 Å². The van der Waals surface area contributed by atoms with E-state index < -0.39 is 0 Å². The molecule has 6 nitrogen and oxygen atoms in total. The second-order valence-electron chi connectivity index (χ2n) is 9.13. The summed E-state index contributed by atoms with van der Waals surface area (Å²) in [7, 11) is 0. The summed E-state index contributed by atoms with van der Waals surface area (Å²) in [5.74, 6) is 0.770. The van der Waals surface area contributed by atoms with Gasteiger partial charge >= 0.3 is 6.03 Å². The van der Waals surface area contributed by atoms with Gasteiger partial charge in [0.1, 0.15) is 18.9 Å². The van der Waals surface area contributed by atoms with Crippen LogP contribution in [0.5, 0.6) is 5.75 Å². The number of amides is 3. The fraction of sp³-hybridized carbons (Fsp3) is 0.333. The summed E-state index contributed by atoms with van der Waals surface area (Å²) in [6.45, 7) is 5.35. The van der Waals surface area contributed by atoms with E-state index in [0.29, 0.717) is 41.2 Å². The molecule has 0 fully saturated rings. The van der Waals surface area contributed by atoms with Crippen molar-refractivity contribution < 1.29 is 14.3 Å². The Kier molecular flexibility index (Phi) is 8.77. The molecule has 1 atom stereocenters. The van der Waals surface area contributed by atoms with Crippen LogP contribution in [0.15, 0.2) is 60.0 Å². The molecule has 1 N–H and O–H groups in total. The number of fused-ring (bicyclic) bond motifs is 1. The van der Waals surface area contributed by atoms with Gasteiger partial charge in [0.2, 0.25) is 5.91 Å². The molecule has 1 aliphatic rings. The van der Waals surface area contributed by atoms with Gasteiger partial charge in [-0.1, -0.05) is 43.1 Å². The first kappa shape index (κ1) is 26.3. The molecule has 0 spiro atoms. The predicted octanol–water partition coefficient (Wildman–Crippen LogP) is 6.75. The lowest BCUT2D eigenvalue weighted by Crippen LogP contribution is -2.49. The third kappa shape index (κ3) is 6.72. The van der Waals surface area contributed by atoms with Crippen LogP contribution >= 0.6 is 34.5 Å². The number of anilines is 1. The Morgan fingerprint density at radius 2 is 1.92 bits per heavy atom. The zero-order valence-electron chi connectivity index (χ0n) is 20.2.